The summed E-state index contributed by atoms with van der Waals surface area (Å²) in [4.78, 5) is 17.3. The minimum Gasteiger partial charge on any atom is -0.392 e. The second-order valence-electron chi connectivity index (χ2n) is 5.31. The molecule has 0 fully saturated rings. The number of thiazole rings is 1. The van der Waals surface area contributed by atoms with Gasteiger partial charge in [0.05, 0.1) is 21.1 Å². The SMILES string of the molecule is CCCC(CCC)(C(=O)NCCc1csc(C)n1)C(N)=S. The number of nitrogens with two attached hydrogens (primary N) is 1. The molecule has 0 aliphatic heterocycles. The Balaban J connectivity index is 2.65. The Morgan fingerprint density at radius 1 is 1.43 bits per heavy atom. The van der Waals surface area contributed by atoms with Crippen molar-refractivity contribution in [3.05, 3.63) is 16.1 Å². The van der Waals surface area contributed by atoms with Gasteiger partial charge >= 0.3 is 0 Å². The molecule has 0 atom stereocenters. The molecule has 118 valence electrons. The van der Waals surface area contributed by atoms with Crippen molar-refractivity contribution in [2.45, 2.75) is 52.9 Å². The number of hydrogen-bond acceptors (Lipinski definition) is 4. The van der Waals surface area contributed by atoms with Crippen LogP contribution in [0.4, 0.5) is 0 Å². The quantitative estimate of drug-likeness (QED) is 0.684. The van der Waals surface area contributed by atoms with E-state index in [2.05, 4.69) is 10.3 Å². The van der Waals surface area contributed by atoms with E-state index in [0.29, 0.717) is 24.4 Å². The Labute approximate surface area is 136 Å². The number of aromatic nitrogens is 1. The number of hydrogen-bond donors (Lipinski definition) is 2. The molecule has 21 heavy (non-hydrogen) atoms. The van der Waals surface area contributed by atoms with Gasteiger partial charge in [0.25, 0.3) is 0 Å². The summed E-state index contributed by atoms with van der Waals surface area (Å²) >= 11 is 6.82. The summed E-state index contributed by atoms with van der Waals surface area (Å²) in [6.45, 7) is 6.65. The molecule has 0 unspecified atom stereocenters. The van der Waals surface area contributed by atoms with Crippen molar-refractivity contribution < 1.29 is 4.79 Å². The first-order chi connectivity index (χ1) is 9.96. The molecule has 6 heteroatoms. The third-order valence-corrected chi connectivity index (χ3v) is 4.81. The second-order valence-corrected chi connectivity index (χ2v) is 6.81. The number of carbonyl (C=O) groups is 1. The first-order valence-electron chi connectivity index (χ1n) is 7.45. The van der Waals surface area contributed by atoms with Crippen LogP contribution in [0.25, 0.3) is 0 Å². The molecule has 1 aromatic rings. The van der Waals surface area contributed by atoms with Gasteiger partial charge in [0.1, 0.15) is 0 Å². The molecule has 0 spiro atoms. The molecule has 3 N–H and O–H groups in total. The van der Waals surface area contributed by atoms with Crippen molar-refractivity contribution >= 4 is 34.5 Å². The number of nitrogens with zero attached hydrogens (tertiary/aromatic N) is 1. The largest absolute Gasteiger partial charge is 0.392 e. The fourth-order valence-corrected chi connectivity index (χ4v) is 3.50. The Hall–Kier alpha value is -1.01. The Bertz CT molecular complexity index is 479. The number of carbonyl (C=O) groups excluding carboxylic acids is 1. The minimum atomic E-state index is -0.698. The summed E-state index contributed by atoms with van der Waals surface area (Å²) in [5, 5.41) is 6.07. The highest BCUT2D eigenvalue weighted by atomic mass is 32.1. The zero-order valence-electron chi connectivity index (χ0n) is 13.1. The van der Waals surface area contributed by atoms with Gasteiger partial charge in [-0.3, -0.25) is 4.79 Å². The Morgan fingerprint density at radius 3 is 2.48 bits per heavy atom. The summed E-state index contributed by atoms with van der Waals surface area (Å²) in [5.74, 6) is -0.0364. The van der Waals surface area contributed by atoms with Crippen LogP contribution < -0.4 is 11.1 Å². The van der Waals surface area contributed by atoms with Crippen molar-refractivity contribution in [3.63, 3.8) is 0 Å². The molecule has 1 rings (SSSR count). The second kappa shape index (κ2) is 8.44. The average Bonchev–Trinajstić information content (AvgIpc) is 2.83. The van der Waals surface area contributed by atoms with E-state index in [9.17, 15) is 4.79 Å². The van der Waals surface area contributed by atoms with E-state index >= 15 is 0 Å². The molecule has 0 aromatic carbocycles. The summed E-state index contributed by atoms with van der Waals surface area (Å²) in [7, 11) is 0. The van der Waals surface area contributed by atoms with Crippen molar-refractivity contribution in [3.8, 4) is 0 Å². The van der Waals surface area contributed by atoms with Gasteiger partial charge in [-0.2, -0.15) is 0 Å². The predicted octanol–water partition coefficient (Wildman–Crippen LogP) is 2.98. The van der Waals surface area contributed by atoms with Crippen LogP contribution in [0.1, 0.15) is 50.2 Å². The molecule has 0 radical (unpaired) electrons. The third kappa shape index (κ3) is 4.74. The molecule has 1 heterocycles. The van der Waals surface area contributed by atoms with E-state index in [1.54, 1.807) is 11.3 Å². The van der Waals surface area contributed by atoms with Gasteiger partial charge < -0.3 is 11.1 Å². The minimum absolute atomic E-state index is 0.0364. The van der Waals surface area contributed by atoms with E-state index < -0.39 is 5.41 Å². The number of aryl methyl sites for hydroxylation is 1. The standard InChI is InChI=1S/C15H25N3OS2/c1-4-7-15(8-5-2,13(16)20)14(19)17-9-6-12-10-21-11(3)18-12/h10H,4-9H2,1-3H3,(H2,16,20)(H,17,19). The number of thiocarbonyl (C=S) groups is 1. The monoisotopic (exact) mass is 327 g/mol. The zero-order chi connectivity index (χ0) is 15.9. The highest BCUT2D eigenvalue weighted by Crippen LogP contribution is 2.30. The van der Waals surface area contributed by atoms with Crippen LogP contribution in [0.5, 0.6) is 0 Å². The highest BCUT2D eigenvalue weighted by molar-refractivity contribution is 7.80. The van der Waals surface area contributed by atoms with E-state index in [0.717, 1.165) is 30.0 Å². The topological polar surface area (TPSA) is 68.0 Å². The van der Waals surface area contributed by atoms with Gasteiger partial charge in [-0.25, -0.2) is 4.98 Å². The lowest BCUT2D eigenvalue weighted by Gasteiger charge is -2.31. The molecular formula is C15H25N3OS2. The van der Waals surface area contributed by atoms with Crippen molar-refractivity contribution in [1.82, 2.24) is 10.3 Å². The summed E-state index contributed by atoms with van der Waals surface area (Å²) in [6.07, 6.45) is 3.92. The van der Waals surface area contributed by atoms with Crippen LogP contribution in [0.2, 0.25) is 0 Å². The molecule has 0 bridgehead atoms. The van der Waals surface area contributed by atoms with Gasteiger partial charge in [-0.1, -0.05) is 38.9 Å². The fraction of sp³-hybridized carbons (Fsp3) is 0.667. The maximum atomic E-state index is 12.6. The van der Waals surface area contributed by atoms with Gasteiger partial charge in [-0.05, 0) is 19.8 Å². The predicted molar refractivity (Wildman–Crippen MR) is 92.6 cm³/mol. The number of amides is 1. The number of nitrogens with one attached hydrogen (secondary N) is 1. The van der Waals surface area contributed by atoms with E-state index in [-0.39, 0.29) is 5.91 Å². The molecule has 1 aromatic heterocycles. The lowest BCUT2D eigenvalue weighted by Crippen LogP contribution is -2.49. The molecule has 0 aliphatic carbocycles. The first-order valence-corrected chi connectivity index (χ1v) is 8.74. The molecule has 4 nitrogen and oxygen atoms in total. The lowest BCUT2D eigenvalue weighted by atomic mass is 9.78. The first kappa shape index (κ1) is 18.0. The van der Waals surface area contributed by atoms with Crippen LogP contribution in [-0.2, 0) is 11.2 Å². The van der Waals surface area contributed by atoms with E-state index in [1.165, 1.54) is 0 Å². The van der Waals surface area contributed by atoms with Crippen LogP contribution in [-0.4, -0.2) is 22.4 Å². The number of rotatable bonds is 9. The zero-order valence-corrected chi connectivity index (χ0v) is 14.7. The van der Waals surface area contributed by atoms with Gasteiger partial charge in [0.2, 0.25) is 5.91 Å². The van der Waals surface area contributed by atoms with Crippen LogP contribution in [0.15, 0.2) is 5.38 Å². The molecule has 0 saturated heterocycles. The normalized spacial score (nSPS) is 11.4. The van der Waals surface area contributed by atoms with Crippen LogP contribution in [0.3, 0.4) is 0 Å². The van der Waals surface area contributed by atoms with E-state index in [1.807, 2.05) is 26.2 Å². The fourth-order valence-electron chi connectivity index (χ4n) is 2.56. The van der Waals surface area contributed by atoms with Gasteiger partial charge in [0, 0.05) is 18.3 Å². The maximum Gasteiger partial charge on any atom is 0.233 e. The Kier molecular flexibility index (Phi) is 7.25. The van der Waals surface area contributed by atoms with Gasteiger partial charge in [0.15, 0.2) is 0 Å². The van der Waals surface area contributed by atoms with Crippen molar-refractivity contribution in [1.29, 1.82) is 0 Å². The molecule has 0 aliphatic rings. The van der Waals surface area contributed by atoms with E-state index in [4.69, 9.17) is 18.0 Å². The maximum absolute atomic E-state index is 12.6. The molecule has 0 saturated carbocycles. The van der Waals surface area contributed by atoms with Crippen molar-refractivity contribution in [2.24, 2.45) is 11.1 Å². The van der Waals surface area contributed by atoms with Crippen LogP contribution >= 0.6 is 23.6 Å². The van der Waals surface area contributed by atoms with Crippen LogP contribution in [0, 0.1) is 12.3 Å². The average molecular weight is 328 g/mol. The smallest absolute Gasteiger partial charge is 0.233 e. The Morgan fingerprint density at radius 2 is 2.05 bits per heavy atom. The molecular weight excluding hydrogens is 302 g/mol. The van der Waals surface area contributed by atoms with Gasteiger partial charge in [-0.15, -0.1) is 11.3 Å². The molecule has 1 amide bonds. The highest BCUT2D eigenvalue weighted by Gasteiger charge is 2.39. The third-order valence-electron chi connectivity index (χ3n) is 3.59. The summed E-state index contributed by atoms with van der Waals surface area (Å²) in [5.41, 5.74) is 6.21. The lowest BCUT2D eigenvalue weighted by molar-refractivity contribution is -0.128. The summed E-state index contributed by atoms with van der Waals surface area (Å²) in [6, 6.07) is 0. The van der Waals surface area contributed by atoms with Crippen molar-refractivity contribution in [2.75, 3.05) is 6.54 Å². The summed E-state index contributed by atoms with van der Waals surface area (Å²) < 4.78 is 0.